The van der Waals surface area contributed by atoms with E-state index in [4.69, 9.17) is 4.98 Å². The Hall–Kier alpha value is -1.61. The first-order valence-corrected chi connectivity index (χ1v) is 7.81. The summed E-state index contributed by atoms with van der Waals surface area (Å²) in [5.41, 5.74) is 2.32. The number of pyridine rings is 1. The van der Waals surface area contributed by atoms with Crippen molar-refractivity contribution in [3.63, 3.8) is 0 Å². The molecule has 1 heterocycles. The van der Waals surface area contributed by atoms with Gasteiger partial charge in [-0.3, -0.25) is 4.90 Å². The molecule has 0 aliphatic carbocycles. The van der Waals surface area contributed by atoms with E-state index >= 15 is 0 Å². The zero-order valence-electron chi connectivity index (χ0n) is 13.9. The lowest BCUT2D eigenvalue weighted by Gasteiger charge is -2.29. The second-order valence-corrected chi connectivity index (χ2v) is 6.36. The predicted octanol–water partition coefficient (Wildman–Crippen LogP) is 4.14. The Morgan fingerprint density at radius 3 is 2.48 bits per heavy atom. The van der Waals surface area contributed by atoms with Crippen molar-refractivity contribution < 1.29 is 0 Å². The molecule has 1 aromatic carbocycles. The lowest BCUT2D eigenvalue weighted by molar-refractivity contribution is 0.189. The van der Waals surface area contributed by atoms with Crippen LogP contribution in [0.4, 0.5) is 5.82 Å². The highest BCUT2D eigenvalue weighted by Gasteiger charge is 2.15. The number of aromatic nitrogens is 1. The zero-order valence-corrected chi connectivity index (χ0v) is 13.9. The van der Waals surface area contributed by atoms with Gasteiger partial charge in [0.2, 0.25) is 0 Å². The first-order valence-electron chi connectivity index (χ1n) is 7.81. The van der Waals surface area contributed by atoms with Gasteiger partial charge in [0, 0.05) is 37.1 Å². The Bertz CT molecular complexity index is 590. The minimum atomic E-state index is 0.531. The van der Waals surface area contributed by atoms with Gasteiger partial charge in [0.15, 0.2) is 0 Å². The van der Waals surface area contributed by atoms with Gasteiger partial charge in [0.25, 0.3) is 0 Å². The van der Waals surface area contributed by atoms with Crippen LogP contribution in [0.25, 0.3) is 10.9 Å². The summed E-state index contributed by atoms with van der Waals surface area (Å²) >= 11 is 0. The molecule has 1 N–H and O–H groups in total. The Labute approximate surface area is 128 Å². The fraction of sp³-hybridized carbons (Fsp3) is 0.500. The summed E-state index contributed by atoms with van der Waals surface area (Å²) in [5, 5.41) is 4.46. The maximum atomic E-state index is 4.75. The fourth-order valence-electron chi connectivity index (χ4n) is 2.64. The maximum absolute atomic E-state index is 4.75. The van der Waals surface area contributed by atoms with E-state index in [0.29, 0.717) is 12.0 Å². The number of nitrogens with one attached hydrogen (secondary N) is 1. The van der Waals surface area contributed by atoms with Gasteiger partial charge >= 0.3 is 0 Å². The van der Waals surface area contributed by atoms with Gasteiger partial charge in [-0.1, -0.05) is 32.0 Å². The molecule has 2 rings (SSSR count). The average molecular weight is 285 g/mol. The minimum Gasteiger partial charge on any atom is -0.373 e. The summed E-state index contributed by atoms with van der Waals surface area (Å²) in [4.78, 5) is 7.26. The number of benzene rings is 1. The topological polar surface area (TPSA) is 28.2 Å². The van der Waals surface area contributed by atoms with Crippen molar-refractivity contribution in [3.05, 3.63) is 35.9 Å². The molecule has 3 nitrogen and oxygen atoms in total. The zero-order chi connectivity index (χ0) is 15.4. The standard InChI is InChI=1S/C18H27N3/c1-13(2)11-21(14(3)4)12-16-10-15-8-6-7-9-17(15)20-18(16)19-5/h6-10,13-14H,11-12H2,1-5H3,(H,19,20). The van der Waals surface area contributed by atoms with E-state index in [1.807, 2.05) is 13.1 Å². The van der Waals surface area contributed by atoms with Gasteiger partial charge in [-0.25, -0.2) is 4.98 Å². The molecule has 0 saturated heterocycles. The van der Waals surface area contributed by atoms with Crippen LogP contribution >= 0.6 is 0 Å². The molecule has 0 unspecified atom stereocenters. The average Bonchev–Trinajstić information content (AvgIpc) is 2.45. The number of fused-ring (bicyclic) bond motifs is 1. The van der Waals surface area contributed by atoms with Crippen molar-refractivity contribution in [2.75, 3.05) is 18.9 Å². The molecule has 0 atom stereocenters. The normalized spacial score (nSPS) is 11.8. The third-order valence-electron chi connectivity index (χ3n) is 3.74. The van der Waals surface area contributed by atoms with E-state index < -0.39 is 0 Å². The molecule has 114 valence electrons. The third-order valence-corrected chi connectivity index (χ3v) is 3.74. The largest absolute Gasteiger partial charge is 0.373 e. The molecule has 2 aromatic rings. The summed E-state index contributed by atoms with van der Waals surface area (Å²) in [6, 6.07) is 11.1. The molecule has 21 heavy (non-hydrogen) atoms. The monoisotopic (exact) mass is 285 g/mol. The molecular weight excluding hydrogens is 258 g/mol. The van der Waals surface area contributed by atoms with Crippen LogP contribution in [0.15, 0.2) is 30.3 Å². The SMILES string of the molecule is CNc1nc2ccccc2cc1CN(CC(C)C)C(C)C. The number of para-hydroxylation sites is 1. The predicted molar refractivity (Wildman–Crippen MR) is 91.7 cm³/mol. The molecule has 0 radical (unpaired) electrons. The molecule has 0 saturated carbocycles. The van der Waals surface area contributed by atoms with Crippen LogP contribution in [0, 0.1) is 5.92 Å². The van der Waals surface area contributed by atoms with Crippen LogP contribution in [0.1, 0.15) is 33.3 Å². The molecule has 1 aromatic heterocycles. The molecular formula is C18H27N3. The highest BCUT2D eigenvalue weighted by atomic mass is 15.1. The van der Waals surface area contributed by atoms with Crippen LogP contribution in [-0.2, 0) is 6.54 Å². The summed E-state index contributed by atoms with van der Waals surface area (Å²) in [6.45, 7) is 11.1. The Balaban J connectivity index is 2.34. The van der Waals surface area contributed by atoms with Gasteiger partial charge < -0.3 is 5.32 Å². The summed E-state index contributed by atoms with van der Waals surface area (Å²) in [7, 11) is 1.95. The molecule has 0 fully saturated rings. The Morgan fingerprint density at radius 2 is 1.86 bits per heavy atom. The highest BCUT2D eigenvalue weighted by Crippen LogP contribution is 2.22. The quantitative estimate of drug-likeness (QED) is 0.864. The lowest BCUT2D eigenvalue weighted by atomic mass is 10.1. The van der Waals surface area contributed by atoms with Crippen molar-refractivity contribution in [3.8, 4) is 0 Å². The van der Waals surface area contributed by atoms with E-state index in [9.17, 15) is 0 Å². The van der Waals surface area contributed by atoms with Crippen LogP contribution in [0.3, 0.4) is 0 Å². The van der Waals surface area contributed by atoms with Gasteiger partial charge in [0.1, 0.15) is 5.82 Å². The smallest absolute Gasteiger partial charge is 0.130 e. The molecule has 0 amide bonds. The van der Waals surface area contributed by atoms with Gasteiger partial charge in [-0.15, -0.1) is 0 Å². The molecule has 0 bridgehead atoms. The van der Waals surface area contributed by atoms with Crippen molar-refractivity contribution in [2.24, 2.45) is 5.92 Å². The third kappa shape index (κ3) is 3.94. The van der Waals surface area contributed by atoms with Crippen LogP contribution in [0.5, 0.6) is 0 Å². The van der Waals surface area contributed by atoms with Crippen molar-refractivity contribution in [1.29, 1.82) is 0 Å². The molecule has 0 aliphatic rings. The van der Waals surface area contributed by atoms with Crippen molar-refractivity contribution in [1.82, 2.24) is 9.88 Å². The van der Waals surface area contributed by atoms with E-state index in [1.54, 1.807) is 0 Å². The summed E-state index contributed by atoms with van der Waals surface area (Å²) in [5.74, 6) is 1.65. The Kier molecular flexibility index (Phi) is 5.18. The second kappa shape index (κ2) is 6.90. The molecule has 3 heteroatoms. The van der Waals surface area contributed by atoms with E-state index in [1.165, 1.54) is 10.9 Å². The van der Waals surface area contributed by atoms with Crippen molar-refractivity contribution in [2.45, 2.75) is 40.3 Å². The van der Waals surface area contributed by atoms with Gasteiger partial charge in [-0.05, 0) is 31.9 Å². The van der Waals surface area contributed by atoms with E-state index in [-0.39, 0.29) is 0 Å². The number of hydrogen-bond acceptors (Lipinski definition) is 3. The molecule has 0 aliphatic heterocycles. The number of rotatable bonds is 6. The Morgan fingerprint density at radius 1 is 1.14 bits per heavy atom. The van der Waals surface area contributed by atoms with Crippen LogP contribution < -0.4 is 5.32 Å². The summed E-state index contributed by atoms with van der Waals surface area (Å²) < 4.78 is 0. The van der Waals surface area contributed by atoms with Gasteiger partial charge in [0.05, 0.1) is 5.52 Å². The van der Waals surface area contributed by atoms with E-state index in [2.05, 4.69) is 62.2 Å². The molecule has 0 spiro atoms. The first kappa shape index (κ1) is 15.8. The first-order chi connectivity index (χ1) is 10.0. The number of anilines is 1. The summed E-state index contributed by atoms with van der Waals surface area (Å²) in [6.07, 6.45) is 0. The minimum absolute atomic E-state index is 0.531. The lowest BCUT2D eigenvalue weighted by Crippen LogP contribution is -2.33. The number of hydrogen-bond donors (Lipinski definition) is 1. The van der Waals surface area contributed by atoms with Crippen molar-refractivity contribution >= 4 is 16.7 Å². The van der Waals surface area contributed by atoms with E-state index in [0.717, 1.165) is 24.4 Å². The fourth-order valence-corrected chi connectivity index (χ4v) is 2.64. The number of nitrogens with zero attached hydrogens (tertiary/aromatic N) is 2. The van der Waals surface area contributed by atoms with Crippen LogP contribution in [-0.4, -0.2) is 29.5 Å². The maximum Gasteiger partial charge on any atom is 0.130 e. The highest BCUT2D eigenvalue weighted by molar-refractivity contribution is 5.81. The van der Waals surface area contributed by atoms with Crippen LogP contribution in [0.2, 0.25) is 0 Å². The van der Waals surface area contributed by atoms with Gasteiger partial charge in [-0.2, -0.15) is 0 Å². The second-order valence-electron chi connectivity index (χ2n) is 6.36.